The average molecular weight is 299 g/mol. The molecule has 106 valence electrons. The van der Waals surface area contributed by atoms with Gasteiger partial charge in [0, 0.05) is 24.2 Å². The number of nitrogens with zero attached hydrogens (tertiary/aromatic N) is 1. The van der Waals surface area contributed by atoms with E-state index in [0.29, 0.717) is 5.11 Å². The molecule has 3 nitrogen and oxygen atoms in total. The average Bonchev–Trinajstić information content (AvgIpc) is 2.90. The number of nitrogens with one attached hydrogen (secondary N) is 2. The van der Waals surface area contributed by atoms with Crippen LogP contribution < -0.4 is 10.7 Å². The largest absolute Gasteiger partial charge is 0.331 e. The van der Waals surface area contributed by atoms with E-state index in [4.69, 9.17) is 12.2 Å². The molecule has 0 amide bonds. The highest BCUT2D eigenvalue weighted by atomic mass is 32.1. The summed E-state index contributed by atoms with van der Waals surface area (Å²) < 4.78 is 12.8. The molecular formula is C16H14FN3S. The van der Waals surface area contributed by atoms with Crippen molar-refractivity contribution in [1.82, 2.24) is 5.43 Å². The molecule has 0 saturated carbocycles. The molecule has 0 spiro atoms. The predicted octanol–water partition coefficient (Wildman–Crippen LogP) is 3.27. The summed E-state index contributed by atoms with van der Waals surface area (Å²) in [6.07, 6.45) is 1.70. The second kappa shape index (κ2) is 6.01. The van der Waals surface area contributed by atoms with Gasteiger partial charge in [0.15, 0.2) is 5.11 Å². The first-order valence-corrected chi connectivity index (χ1v) is 7.06. The highest BCUT2D eigenvalue weighted by Crippen LogP contribution is 2.19. The lowest BCUT2D eigenvalue weighted by Gasteiger charge is -2.07. The SMILES string of the molecule is Fc1ccc(NC(=S)NN=C2Cc3ccccc3C2)cc1. The summed E-state index contributed by atoms with van der Waals surface area (Å²) in [5.74, 6) is -0.275. The van der Waals surface area contributed by atoms with E-state index in [1.807, 2.05) is 12.1 Å². The number of fused-ring (bicyclic) bond motifs is 1. The minimum Gasteiger partial charge on any atom is -0.331 e. The molecule has 0 radical (unpaired) electrons. The van der Waals surface area contributed by atoms with Crippen molar-refractivity contribution in [2.45, 2.75) is 12.8 Å². The van der Waals surface area contributed by atoms with Gasteiger partial charge in [-0.2, -0.15) is 5.10 Å². The van der Waals surface area contributed by atoms with E-state index in [1.165, 1.54) is 23.3 Å². The number of hydrazone groups is 1. The molecular weight excluding hydrogens is 285 g/mol. The quantitative estimate of drug-likeness (QED) is 0.660. The fourth-order valence-corrected chi connectivity index (χ4v) is 2.47. The van der Waals surface area contributed by atoms with Crippen LogP contribution in [0.1, 0.15) is 11.1 Å². The maximum absolute atomic E-state index is 12.8. The number of thiocarbonyl (C=S) groups is 1. The number of halogens is 1. The second-order valence-corrected chi connectivity index (χ2v) is 5.28. The number of hydrogen-bond acceptors (Lipinski definition) is 2. The molecule has 21 heavy (non-hydrogen) atoms. The summed E-state index contributed by atoms with van der Waals surface area (Å²) in [7, 11) is 0. The van der Waals surface area contributed by atoms with Crippen LogP contribution in [0.4, 0.5) is 10.1 Å². The Morgan fingerprint density at radius 3 is 2.24 bits per heavy atom. The summed E-state index contributed by atoms with van der Waals surface area (Å²) in [6.45, 7) is 0. The Kier molecular flexibility index (Phi) is 3.92. The van der Waals surface area contributed by atoms with Crippen molar-refractivity contribution < 1.29 is 4.39 Å². The van der Waals surface area contributed by atoms with Gasteiger partial charge in [-0.05, 0) is 47.6 Å². The third-order valence-electron chi connectivity index (χ3n) is 3.33. The molecule has 0 aromatic heterocycles. The van der Waals surface area contributed by atoms with E-state index in [2.05, 4.69) is 28.0 Å². The zero-order valence-corrected chi connectivity index (χ0v) is 12.1. The smallest absolute Gasteiger partial charge is 0.191 e. The van der Waals surface area contributed by atoms with Crippen LogP contribution in [-0.2, 0) is 12.8 Å². The molecule has 2 N–H and O–H groups in total. The number of rotatable bonds is 2. The molecule has 0 bridgehead atoms. The van der Waals surface area contributed by atoms with Crippen molar-refractivity contribution in [3.8, 4) is 0 Å². The minimum atomic E-state index is -0.275. The minimum absolute atomic E-state index is 0.275. The molecule has 0 heterocycles. The van der Waals surface area contributed by atoms with Gasteiger partial charge in [0.25, 0.3) is 0 Å². The molecule has 2 aromatic rings. The van der Waals surface area contributed by atoms with Crippen LogP contribution in [0.2, 0.25) is 0 Å². The van der Waals surface area contributed by atoms with Crippen molar-refractivity contribution in [2.24, 2.45) is 5.10 Å². The standard InChI is InChI=1S/C16H14FN3S/c17-13-5-7-14(8-6-13)18-16(21)20-19-15-9-11-3-1-2-4-12(11)10-15/h1-8H,9-10H2,(H2,18,20,21). The van der Waals surface area contributed by atoms with E-state index in [-0.39, 0.29) is 5.82 Å². The van der Waals surface area contributed by atoms with Gasteiger partial charge in [-0.25, -0.2) is 4.39 Å². The highest BCUT2D eigenvalue weighted by molar-refractivity contribution is 7.80. The van der Waals surface area contributed by atoms with Gasteiger partial charge >= 0.3 is 0 Å². The molecule has 0 unspecified atom stereocenters. The van der Waals surface area contributed by atoms with Crippen LogP contribution in [0.25, 0.3) is 0 Å². The normalized spacial score (nSPS) is 12.7. The lowest BCUT2D eigenvalue weighted by molar-refractivity contribution is 0.628. The molecule has 0 saturated heterocycles. The summed E-state index contributed by atoms with van der Waals surface area (Å²) in [6, 6.07) is 14.3. The number of anilines is 1. The van der Waals surface area contributed by atoms with Crippen molar-refractivity contribution >= 4 is 28.7 Å². The van der Waals surface area contributed by atoms with Gasteiger partial charge in [-0.3, -0.25) is 5.43 Å². The van der Waals surface area contributed by atoms with Crippen LogP contribution in [0, 0.1) is 5.82 Å². The third-order valence-corrected chi connectivity index (χ3v) is 3.52. The lowest BCUT2D eigenvalue weighted by atomic mass is 10.1. The molecule has 1 aliphatic carbocycles. The predicted molar refractivity (Wildman–Crippen MR) is 87.0 cm³/mol. The van der Waals surface area contributed by atoms with Crippen molar-refractivity contribution in [2.75, 3.05) is 5.32 Å². The van der Waals surface area contributed by atoms with Crippen molar-refractivity contribution in [1.29, 1.82) is 0 Å². The first-order chi connectivity index (χ1) is 10.2. The van der Waals surface area contributed by atoms with E-state index < -0.39 is 0 Å². The number of hydrogen-bond donors (Lipinski definition) is 2. The van der Waals surface area contributed by atoms with Crippen LogP contribution in [0.3, 0.4) is 0 Å². The van der Waals surface area contributed by atoms with Gasteiger partial charge in [0.05, 0.1) is 0 Å². The number of benzene rings is 2. The molecule has 1 aliphatic rings. The summed E-state index contributed by atoms with van der Waals surface area (Å²) in [5, 5.41) is 7.69. The highest BCUT2D eigenvalue weighted by Gasteiger charge is 2.15. The maximum atomic E-state index is 12.8. The molecule has 2 aromatic carbocycles. The van der Waals surface area contributed by atoms with E-state index in [9.17, 15) is 4.39 Å². The zero-order valence-electron chi connectivity index (χ0n) is 11.3. The Hall–Kier alpha value is -2.27. The van der Waals surface area contributed by atoms with Crippen LogP contribution >= 0.6 is 12.2 Å². The Balaban J connectivity index is 1.57. The van der Waals surface area contributed by atoms with E-state index >= 15 is 0 Å². The Labute approximate surface area is 127 Å². The first-order valence-electron chi connectivity index (χ1n) is 6.65. The Bertz CT molecular complexity index is 668. The maximum Gasteiger partial charge on any atom is 0.191 e. The fraction of sp³-hybridized carbons (Fsp3) is 0.125. The van der Waals surface area contributed by atoms with Gasteiger partial charge in [0.1, 0.15) is 5.82 Å². The van der Waals surface area contributed by atoms with E-state index in [0.717, 1.165) is 24.2 Å². The first kappa shape index (κ1) is 13.7. The molecule has 3 rings (SSSR count). The summed E-state index contributed by atoms with van der Waals surface area (Å²) in [4.78, 5) is 0. The van der Waals surface area contributed by atoms with Crippen LogP contribution in [0.5, 0.6) is 0 Å². The molecule has 5 heteroatoms. The van der Waals surface area contributed by atoms with Crippen LogP contribution in [-0.4, -0.2) is 10.8 Å². The Morgan fingerprint density at radius 1 is 1.00 bits per heavy atom. The summed E-state index contributed by atoms with van der Waals surface area (Å²) >= 11 is 5.17. The van der Waals surface area contributed by atoms with Gasteiger partial charge in [0.2, 0.25) is 0 Å². The third kappa shape index (κ3) is 3.44. The molecule has 0 fully saturated rings. The van der Waals surface area contributed by atoms with Crippen molar-refractivity contribution in [3.63, 3.8) is 0 Å². The van der Waals surface area contributed by atoms with E-state index in [1.54, 1.807) is 12.1 Å². The van der Waals surface area contributed by atoms with Gasteiger partial charge < -0.3 is 5.32 Å². The fourth-order valence-electron chi connectivity index (χ4n) is 2.31. The van der Waals surface area contributed by atoms with Crippen LogP contribution in [0.15, 0.2) is 53.6 Å². The zero-order chi connectivity index (χ0) is 14.7. The van der Waals surface area contributed by atoms with Crippen molar-refractivity contribution in [3.05, 3.63) is 65.5 Å². The monoisotopic (exact) mass is 299 g/mol. The molecule has 0 atom stereocenters. The van der Waals surface area contributed by atoms with Gasteiger partial charge in [-0.15, -0.1) is 0 Å². The topological polar surface area (TPSA) is 36.4 Å². The Morgan fingerprint density at radius 2 is 1.62 bits per heavy atom. The lowest BCUT2D eigenvalue weighted by Crippen LogP contribution is -2.25. The molecule has 0 aliphatic heterocycles. The van der Waals surface area contributed by atoms with Gasteiger partial charge in [-0.1, -0.05) is 24.3 Å². The second-order valence-electron chi connectivity index (χ2n) is 4.87. The summed E-state index contributed by atoms with van der Waals surface area (Å²) in [5.41, 5.74) is 7.25.